The van der Waals surface area contributed by atoms with Gasteiger partial charge >= 0.3 is 12.1 Å². The van der Waals surface area contributed by atoms with Gasteiger partial charge in [-0.25, -0.2) is 4.79 Å². The number of benzene rings is 2. The van der Waals surface area contributed by atoms with Gasteiger partial charge in [-0.1, -0.05) is 133 Å². The van der Waals surface area contributed by atoms with Crippen molar-refractivity contribution in [2.45, 2.75) is 49.2 Å². The molecule has 2 heterocycles. The predicted octanol–water partition coefficient (Wildman–Crippen LogP) is 7.78. The molecule has 1 saturated heterocycles. The normalized spacial score (nSPS) is 18.3. The second kappa shape index (κ2) is 14.7. The smallest absolute Gasteiger partial charge is 0.461 e. The van der Waals surface area contributed by atoms with Crippen LogP contribution in [0.3, 0.4) is 0 Å². The highest BCUT2D eigenvalue weighted by Crippen LogP contribution is 2.35. The van der Waals surface area contributed by atoms with Crippen molar-refractivity contribution in [2.24, 2.45) is 11.3 Å². The number of cyclic esters (lactones) is 1. The maximum absolute atomic E-state index is 14.0. The number of alkyl halides is 4. The van der Waals surface area contributed by atoms with Gasteiger partial charge in [0.15, 0.2) is 0 Å². The Balaban J connectivity index is 1.56. The van der Waals surface area contributed by atoms with E-state index in [1.54, 1.807) is 10.8 Å². The molecule has 0 radical (unpaired) electrons. The zero-order valence-corrected chi connectivity index (χ0v) is 28.9. The van der Waals surface area contributed by atoms with Gasteiger partial charge in [-0.15, -0.1) is 0 Å². The van der Waals surface area contributed by atoms with Gasteiger partial charge in [-0.3, -0.25) is 9.59 Å². The summed E-state index contributed by atoms with van der Waals surface area (Å²) in [4.78, 5) is 39.2. The van der Waals surface area contributed by atoms with Gasteiger partial charge in [0.1, 0.15) is 25.4 Å². The van der Waals surface area contributed by atoms with Crippen molar-refractivity contribution in [3.63, 3.8) is 0 Å². The molecule has 8 nitrogen and oxygen atoms in total. The number of nitrogens with one attached hydrogen (secondary N) is 1. The number of esters is 1. The first kappa shape index (κ1) is 34.4. The number of halogens is 4. The molecule has 1 amide bonds. The number of hydrogen-bond acceptors (Lipinski definition) is 6. The minimum Gasteiger partial charge on any atom is -0.461 e. The number of hydrogen-bond donors (Lipinski definition) is 1. The number of nitrogens with zero attached hydrogens (tertiary/aromatic N) is 1. The predicted molar refractivity (Wildman–Crippen MR) is 180 cm³/mol. The highest BCUT2D eigenvalue weighted by Gasteiger charge is 2.44. The van der Waals surface area contributed by atoms with Gasteiger partial charge in [0.05, 0.1) is 12.0 Å². The summed E-state index contributed by atoms with van der Waals surface area (Å²) in [5.74, 6) is -1.53. The van der Waals surface area contributed by atoms with Crippen LogP contribution in [0.4, 0.5) is 4.79 Å². The minimum atomic E-state index is -1.78. The molecule has 12 heteroatoms. The first-order chi connectivity index (χ1) is 20.7. The lowest BCUT2D eigenvalue weighted by Crippen LogP contribution is -2.50. The molecular weight excluding hydrogens is 742 g/mol. The van der Waals surface area contributed by atoms with Crippen molar-refractivity contribution in [3.05, 3.63) is 73.1 Å². The summed E-state index contributed by atoms with van der Waals surface area (Å²) in [5, 5.41) is 3.01. The molecular formula is C32H34Cl3IN2O6. The highest BCUT2D eigenvalue weighted by atomic mass is 127. The summed E-state index contributed by atoms with van der Waals surface area (Å²) in [7, 11) is 0. The molecule has 0 spiro atoms. The van der Waals surface area contributed by atoms with Gasteiger partial charge in [0, 0.05) is 23.2 Å². The molecule has 1 aromatic heterocycles. The molecule has 1 aliphatic rings. The van der Waals surface area contributed by atoms with E-state index in [4.69, 9.17) is 49.0 Å². The Hall–Kier alpha value is -2.47. The maximum Gasteiger partial charge on any atom is 0.508 e. The van der Waals surface area contributed by atoms with E-state index in [0.717, 1.165) is 22.3 Å². The van der Waals surface area contributed by atoms with Crippen molar-refractivity contribution in [3.8, 4) is 22.3 Å². The van der Waals surface area contributed by atoms with Gasteiger partial charge in [-0.2, -0.15) is 0 Å². The quantitative estimate of drug-likeness (QED) is 0.129. The lowest BCUT2D eigenvalue weighted by atomic mass is 9.86. The fourth-order valence-electron chi connectivity index (χ4n) is 4.90. The lowest BCUT2D eigenvalue weighted by molar-refractivity contribution is -0.147. The molecule has 44 heavy (non-hydrogen) atoms. The largest absolute Gasteiger partial charge is 0.508 e. The molecule has 2 aromatic carbocycles. The molecule has 1 aliphatic heterocycles. The maximum atomic E-state index is 14.0. The molecule has 0 saturated carbocycles. The number of ether oxygens (including phenoxy) is 3. The summed E-state index contributed by atoms with van der Waals surface area (Å²) in [6.07, 6.45) is 2.75. The third kappa shape index (κ3) is 9.28. The number of aromatic nitrogens is 1. The van der Waals surface area contributed by atoms with E-state index in [1.807, 2.05) is 63.4 Å². The van der Waals surface area contributed by atoms with Crippen LogP contribution >= 0.6 is 57.4 Å². The van der Waals surface area contributed by atoms with Crippen LogP contribution in [-0.2, 0) is 23.8 Å². The summed E-state index contributed by atoms with van der Waals surface area (Å²) in [6, 6.07) is 18.7. The monoisotopic (exact) mass is 774 g/mol. The van der Waals surface area contributed by atoms with E-state index in [9.17, 15) is 14.4 Å². The Morgan fingerprint density at radius 1 is 0.977 bits per heavy atom. The van der Waals surface area contributed by atoms with E-state index >= 15 is 0 Å². The topological polar surface area (TPSA) is 95.9 Å². The third-order valence-corrected chi connectivity index (χ3v) is 8.68. The van der Waals surface area contributed by atoms with Crippen LogP contribution in [0.5, 0.6) is 0 Å². The second-order valence-electron chi connectivity index (χ2n) is 11.7. The van der Waals surface area contributed by atoms with E-state index in [1.165, 1.54) is 0 Å². The van der Waals surface area contributed by atoms with Gasteiger partial charge in [0.25, 0.3) is 0 Å². The van der Waals surface area contributed by atoms with Gasteiger partial charge in [0.2, 0.25) is 9.70 Å². The molecule has 3 aromatic rings. The van der Waals surface area contributed by atoms with Crippen LogP contribution in [-0.4, -0.2) is 56.2 Å². The molecule has 236 valence electrons. The lowest BCUT2D eigenvalue weighted by Gasteiger charge is -2.33. The van der Waals surface area contributed by atoms with E-state index < -0.39 is 51.8 Å². The zero-order valence-electron chi connectivity index (χ0n) is 24.5. The van der Waals surface area contributed by atoms with Gasteiger partial charge in [-0.05, 0) is 33.7 Å². The first-order valence-electron chi connectivity index (χ1n) is 14.0. The first-order valence-corrected chi connectivity index (χ1v) is 16.7. The highest BCUT2D eigenvalue weighted by molar-refractivity contribution is 14.1. The van der Waals surface area contributed by atoms with Crippen LogP contribution < -0.4 is 5.32 Å². The van der Waals surface area contributed by atoms with Crippen LogP contribution in [0.15, 0.2) is 73.1 Å². The van der Waals surface area contributed by atoms with Crippen LogP contribution in [0.2, 0.25) is 0 Å². The van der Waals surface area contributed by atoms with Crippen molar-refractivity contribution in [1.29, 1.82) is 0 Å². The number of carbonyl (C=O) groups is 3. The molecule has 0 bridgehead atoms. The SMILES string of the molecule is CC(C)(C)[C@@H](COC(=O)OCC(Cl)(Cl)Cl)NC(=O)[C@@H]([C@@H]1C[C@H](CI)OC1=O)n1ccc(-c2ccc(-c3ccccc3)cc2)c1. The summed E-state index contributed by atoms with van der Waals surface area (Å²) in [6.45, 7) is 5.00. The number of amides is 1. The van der Waals surface area contributed by atoms with E-state index in [2.05, 4.69) is 52.2 Å². The Kier molecular flexibility index (Phi) is 11.5. The summed E-state index contributed by atoms with van der Waals surface area (Å²) in [5.41, 5.74) is 3.55. The average Bonchev–Trinajstić information content (AvgIpc) is 3.61. The minimum absolute atomic E-state index is 0.198. The van der Waals surface area contributed by atoms with E-state index in [-0.39, 0.29) is 12.7 Å². The molecule has 1 fully saturated rings. The zero-order chi connectivity index (χ0) is 32.1. The van der Waals surface area contributed by atoms with Crippen LogP contribution in [0.1, 0.15) is 33.2 Å². The Labute approximate surface area is 285 Å². The van der Waals surface area contributed by atoms with Gasteiger partial charge < -0.3 is 24.1 Å². The molecule has 0 unspecified atom stereocenters. The summed E-state index contributed by atoms with van der Waals surface area (Å²) < 4.78 is 16.3. The molecule has 0 aliphatic carbocycles. The van der Waals surface area contributed by atoms with Crippen molar-refractivity contribution < 1.29 is 28.6 Å². The van der Waals surface area contributed by atoms with E-state index in [0.29, 0.717) is 10.8 Å². The van der Waals surface area contributed by atoms with Crippen LogP contribution in [0.25, 0.3) is 22.3 Å². The Bertz CT molecular complexity index is 1440. The fourth-order valence-corrected chi connectivity index (χ4v) is 5.60. The molecule has 4 rings (SSSR count). The number of rotatable bonds is 10. The fraction of sp³-hybridized carbons (Fsp3) is 0.406. The number of carbonyl (C=O) groups excluding carboxylic acids is 3. The van der Waals surface area contributed by atoms with Crippen molar-refractivity contribution in [2.75, 3.05) is 17.6 Å². The Morgan fingerprint density at radius 3 is 2.16 bits per heavy atom. The van der Waals surface area contributed by atoms with Crippen molar-refractivity contribution >= 4 is 75.4 Å². The molecule has 4 atom stereocenters. The average molecular weight is 776 g/mol. The summed E-state index contributed by atoms with van der Waals surface area (Å²) >= 11 is 19.1. The van der Waals surface area contributed by atoms with Crippen LogP contribution in [0, 0.1) is 11.3 Å². The Morgan fingerprint density at radius 2 is 1.59 bits per heavy atom. The second-order valence-corrected chi connectivity index (χ2v) is 15.1. The third-order valence-electron chi connectivity index (χ3n) is 7.37. The van der Waals surface area contributed by atoms with Crippen molar-refractivity contribution in [1.82, 2.24) is 9.88 Å². The standard InChI is InChI=1S/C32H34Cl3IN2O6/c1-31(2,3)26(18-42-30(41)43-19-32(33,34)35)37-28(39)27(25-15-24(16-36)44-29(25)40)38-14-13-23(17-38)22-11-9-21(10-12-22)20-7-5-4-6-8-20/h4-14,17,24-27H,15-16,18-19H2,1-3H3,(H,37,39)/t24-,25+,26-,27-/m1/s1. The molecule has 1 N–H and O–H groups in total.